The van der Waals surface area contributed by atoms with Crippen LogP contribution in [0.4, 0.5) is 10.1 Å². The highest BCUT2D eigenvalue weighted by Gasteiger charge is 2.17. The predicted octanol–water partition coefficient (Wildman–Crippen LogP) is 2.93. The van der Waals surface area contributed by atoms with Gasteiger partial charge in [-0.3, -0.25) is 4.90 Å². The van der Waals surface area contributed by atoms with Crippen LogP contribution in [0.2, 0.25) is 0 Å². The van der Waals surface area contributed by atoms with Crippen LogP contribution in [0, 0.1) is 5.82 Å². The number of benzene rings is 2. The zero-order valence-corrected chi connectivity index (χ0v) is 13.7. The van der Waals surface area contributed by atoms with Gasteiger partial charge in [-0.2, -0.15) is 0 Å². The van der Waals surface area contributed by atoms with Crippen molar-refractivity contribution in [1.82, 2.24) is 4.90 Å². The van der Waals surface area contributed by atoms with E-state index in [0.717, 1.165) is 38.4 Å². The molecule has 5 heteroatoms. The molecule has 0 bridgehead atoms. The highest BCUT2D eigenvalue weighted by Crippen LogP contribution is 2.18. The molecule has 2 aromatic carbocycles. The monoisotopic (exact) mass is 328 g/mol. The third-order valence-electron chi connectivity index (χ3n) is 4.35. The number of anilines is 1. The fourth-order valence-corrected chi connectivity index (χ4v) is 2.94. The van der Waals surface area contributed by atoms with Crippen LogP contribution in [0.1, 0.15) is 15.9 Å². The van der Waals surface area contributed by atoms with Crippen LogP contribution in [0.15, 0.2) is 48.5 Å². The summed E-state index contributed by atoms with van der Waals surface area (Å²) in [6.07, 6.45) is 0. The molecule has 1 saturated heterocycles. The third kappa shape index (κ3) is 3.92. The number of nitrogens with zero attached hydrogens (tertiary/aromatic N) is 2. The Morgan fingerprint density at radius 3 is 2.21 bits per heavy atom. The van der Waals surface area contributed by atoms with E-state index in [1.54, 1.807) is 12.1 Å². The maximum Gasteiger partial charge on any atom is 0.337 e. The number of hydrogen-bond acceptors (Lipinski definition) is 4. The van der Waals surface area contributed by atoms with Crippen LogP contribution in [-0.4, -0.2) is 44.2 Å². The number of piperazine rings is 1. The van der Waals surface area contributed by atoms with Crippen molar-refractivity contribution in [2.24, 2.45) is 0 Å². The van der Waals surface area contributed by atoms with Crippen molar-refractivity contribution in [2.75, 3.05) is 38.2 Å². The van der Waals surface area contributed by atoms with E-state index >= 15 is 0 Å². The van der Waals surface area contributed by atoms with E-state index in [1.807, 2.05) is 24.3 Å². The number of esters is 1. The fourth-order valence-electron chi connectivity index (χ4n) is 2.94. The number of halogens is 1. The standard InChI is InChI=1S/C19H21FN2O2/c1-24-19(23)16-4-2-15(3-5-16)14-21-10-12-22(13-11-21)18-8-6-17(20)7-9-18/h2-9H,10-14H2,1H3. The van der Waals surface area contributed by atoms with Crippen LogP contribution < -0.4 is 4.90 Å². The Balaban J connectivity index is 1.53. The lowest BCUT2D eigenvalue weighted by Gasteiger charge is -2.36. The van der Waals surface area contributed by atoms with E-state index in [0.29, 0.717) is 5.56 Å². The Hall–Kier alpha value is -2.40. The molecule has 0 amide bonds. The first-order valence-corrected chi connectivity index (χ1v) is 8.06. The summed E-state index contributed by atoms with van der Waals surface area (Å²) in [7, 11) is 1.39. The zero-order chi connectivity index (χ0) is 16.9. The van der Waals surface area contributed by atoms with Gasteiger partial charge in [0.2, 0.25) is 0 Å². The minimum Gasteiger partial charge on any atom is -0.465 e. The number of hydrogen-bond donors (Lipinski definition) is 0. The molecule has 0 saturated carbocycles. The molecular formula is C19H21FN2O2. The van der Waals surface area contributed by atoms with Crippen molar-refractivity contribution in [3.63, 3.8) is 0 Å². The Kier molecular flexibility index (Phi) is 5.11. The van der Waals surface area contributed by atoms with Crippen molar-refractivity contribution in [3.8, 4) is 0 Å². The first kappa shape index (κ1) is 16.5. The molecule has 1 aliphatic rings. The molecule has 1 fully saturated rings. The lowest BCUT2D eigenvalue weighted by molar-refractivity contribution is 0.0600. The molecule has 0 unspecified atom stereocenters. The summed E-state index contributed by atoms with van der Waals surface area (Å²) in [6.45, 7) is 4.61. The van der Waals surface area contributed by atoms with Gasteiger partial charge in [-0.15, -0.1) is 0 Å². The van der Waals surface area contributed by atoms with E-state index in [2.05, 4.69) is 9.80 Å². The van der Waals surface area contributed by atoms with Gasteiger partial charge in [0.15, 0.2) is 0 Å². The van der Waals surface area contributed by atoms with Gasteiger partial charge in [0.05, 0.1) is 12.7 Å². The molecule has 0 aromatic heterocycles. The Bertz CT molecular complexity index is 678. The van der Waals surface area contributed by atoms with Crippen LogP contribution >= 0.6 is 0 Å². The summed E-state index contributed by atoms with van der Waals surface area (Å²) >= 11 is 0. The van der Waals surface area contributed by atoms with Gasteiger partial charge in [-0.25, -0.2) is 9.18 Å². The van der Waals surface area contributed by atoms with Gasteiger partial charge in [0, 0.05) is 38.4 Å². The highest BCUT2D eigenvalue weighted by molar-refractivity contribution is 5.89. The van der Waals surface area contributed by atoms with Gasteiger partial charge < -0.3 is 9.64 Å². The second kappa shape index (κ2) is 7.45. The molecule has 0 spiro atoms. The number of rotatable bonds is 4. The van der Waals surface area contributed by atoms with E-state index in [4.69, 9.17) is 4.74 Å². The topological polar surface area (TPSA) is 32.8 Å². The lowest BCUT2D eigenvalue weighted by atomic mass is 10.1. The predicted molar refractivity (Wildman–Crippen MR) is 91.7 cm³/mol. The van der Waals surface area contributed by atoms with Gasteiger partial charge >= 0.3 is 5.97 Å². The summed E-state index contributed by atoms with van der Waals surface area (Å²) in [6, 6.07) is 14.2. The van der Waals surface area contributed by atoms with Crippen LogP contribution in [0.3, 0.4) is 0 Å². The number of carbonyl (C=O) groups excluding carboxylic acids is 1. The quantitative estimate of drug-likeness (QED) is 0.808. The summed E-state index contributed by atoms with van der Waals surface area (Å²) < 4.78 is 17.7. The number of carbonyl (C=O) groups is 1. The molecule has 4 nitrogen and oxygen atoms in total. The maximum atomic E-state index is 13.0. The second-order valence-corrected chi connectivity index (χ2v) is 5.93. The molecule has 2 aromatic rings. The van der Waals surface area contributed by atoms with Crippen LogP contribution in [0.5, 0.6) is 0 Å². The lowest BCUT2D eigenvalue weighted by Crippen LogP contribution is -2.45. The molecule has 24 heavy (non-hydrogen) atoms. The molecule has 3 rings (SSSR count). The molecule has 1 aliphatic heterocycles. The maximum absolute atomic E-state index is 13.0. The average molecular weight is 328 g/mol. The largest absolute Gasteiger partial charge is 0.465 e. The molecular weight excluding hydrogens is 307 g/mol. The van der Waals surface area contributed by atoms with Crippen LogP contribution in [-0.2, 0) is 11.3 Å². The Labute approximate surface area is 141 Å². The van der Waals surface area contributed by atoms with E-state index < -0.39 is 0 Å². The summed E-state index contributed by atoms with van der Waals surface area (Å²) in [5.41, 5.74) is 2.82. The number of methoxy groups -OCH3 is 1. The smallest absolute Gasteiger partial charge is 0.337 e. The van der Waals surface area contributed by atoms with Crippen molar-refractivity contribution >= 4 is 11.7 Å². The molecule has 0 N–H and O–H groups in total. The fraction of sp³-hybridized carbons (Fsp3) is 0.316. The summed E-state index contributed by atoms with van der Waals surface area (Å²) in [5, 5.41) is 0. The van der Waals surface area contributed by atoms with Gasteiger partial charge in [0.25, 0.3) is 0 Å². The van der Waals surface area contributed by atoms with Crippen molar-refractivity contribution < 1.29 is 13.9 Å². The minimum absolute atomic E-state index is 0.201. The molecule has 0 atom stereocenters. The Morgan fingerprint density at radius 2 is 1.62 bits per heavy atom. The van der Waals surface area contributed by atoms with Crippen molar-refractivity contribution in [2.45, 2.75) is 6.54 Å². The molecule has 1 heterocycles. The minimum atomic E-state index is -0.311. The van der Waals surface area contributed by atoms with Gasteiger partial charge in [-0.1, -0.05) is 12.1 Å². The molecule has 0 aliphatic carbocycles. The third-order valence-corrected chi connectivity index (χ3v) is 4.35. The van der Waals surface area contributed by atoms with E-state index in [9.17, 15) is 9.18 Å². The van der Waals surface area contributed by atoms with Gasteiger partial charge in [-0.05, 0) is 42.0 Å². The normalized spacial score (nSPS) is 15.3. The molecule has 0 radical (unpaired) electrons. The van der Waals surface area contributed by atoms with E-state index in [1.165, 1.54) is 24.8 Å². The highest BCUT2D eigenvalue weighted by atomic mass is 19.1. The Morgan fingerprint density at radius 1 is 1.00 bits per heavy atom. The molecule has 126 valence electrons. The number of ether oxygens (including phenoxy) is 1. The first-order chi connectivity index (χ1) is 11.7. The summed E-state index contributed by atoms with van der Waals surface area (Å²) in [5.74, 6) is -0.512. The van der Waals surface area contributed by atoms with Crippen molar-refractivity contribution in [1.29, 1.82) is 0 Å². The first-order valence-electron chi connectivity index (χ1n) is 8.06. The SMILES string of the molecule is COC(=O)c1ccc(CN2CCN(c3ccc(F)cc3)CC2)cc1. The summed E-state index contributed by atoms with van der Waals surface area (Å²) in [4.78, 5) is 16.1. The zero-order valence-electron chi connectivity index (χ0n) is 13.7. The average Bonchev–Trinajstić information content (AvgIpc) is 2.63. The van der Waals surface area contributed by atoms with Crippen LogP contribution in [0.25, 0.3) is 0 Å². The van der Waals surface area contributed by atoms with Crippen molar-refractivity contribution in [3.05, 3.63) is 65.5 Å². The van der Waals surface area contributed by atoms with E-state index in [-0.39, 0.29) is 11.8 Å². The second-order valence-electron chi connectivity index (χ2n) is 5.93. The van der Waals surface area contributed by atoms with Gasteiger partial charge in [0.1, 0.15) is 5.82 Å².